The molecule has 0 radical (unpaired) electrons. The van der Waals surface area contributed by atoms with Gasteiger partial charge in [-0.1, -0.05) is 18.6 Å². The Balaban J connectivity index is 0.00000162. The maximum atomic E-state index is 10.2. The van der Waals surface area contributed by atoms with Crippen molar-refractivity contribution in [2.24, 2.45) is 11.7 Å². The minimum atomic E-state index is -0.466. The Morgan fingerprint density at radius 3 is 2.11 bits per heavy atom. The van der Waals surface area contributed by atoms with Crippen LogP contribution in [0.25, 0.3) is 0 Å². The summed E-state index contributed by atoms with van der Waals surface area (Å²) in [6.07, 6.45) is 2.88. The Morgan fingerprint density at radius 1 is 1.22 bits per heavy atom. The molecule has 1 fully saturated rings. The zero-order valence-corrected chi connectivity index (χ0v) is 11.7. The number of rotatable bonds is 3. The fourth-order valence-corrected chi connectivity index (χ4v) is 2.45. The summed E-state index contributed by atoms with van der Waals surface area (Å²) < 4.78 is 0. The smallest absolute Gasteiger partial charge is 0.121 e. The second-order valence-electron chi connectivity index (χ2n) is 5.21. The Hall–Kier alpha value is -0.770. The third-order valence-corrected chi connectivity index (χ3v) is 3.90. The largest absolute Gasteiger partial charge is 0.507 e. The molecule has 0 bridgehead atoms. The molecular formula is C14H22ClNO2. The Bertz CT molecular complexity index is 395. The van der Waals surface area contributed by atoms with Crippen molar-refractivity contribution in [2.75, 3.05) is 0 Å². The van der Waals surface area contributed by atoms with E-state index in [2.05, 4.69) is 0 Å². The normalized spacial score (nSPS) is 18.7. The van der Waals surface area contributed by atoms with Crippen LogP contribution in [0.3, 0.4) is 0 Å². The third kappa shape index (κ3) is 2.79. The fraction of sp³-hybridized carbons (Fsp3) is 0.571. The number of aliphatic hydroxyl groups excluding tert-OH is 1. The number of benzene rings is 1. The Morgan fingerprint density at radius 2 is 1.72 bits per heavy atom. The average molecular weight is 272 g/mol. The standard InChI is InChI=1S/C14H21NO2.ClH/c1-8-6-11(7-9(2)13(8)16)12(15)14(17)10-4-3-5-10;/h6-7,10,12,14,16-17H,3-5,15H2,1-2H3;1H/t12-,14+;/m0./s1. The molecule has 0 unspecified atom stereocenters. The summed E-state index contributed by atoms with van der Waals surface area (Å²) in [6.45, 7) is 3.71. The van der Waals surface area contributed by atoms with Gasteiger partial charge in [0.2, 0.25) is 0 Å². The zero-order chi connectivity index (χ0) is 12.6. The molecular weight excluding hydrogens is 250 g/mol. The van der Waals surface area contributed by atoms with Crippen LogP contribution in [0.15, 0.2) is 12.1 Å². The minimum Gasteiger partial charge on any atom is -0.507 e. The highest BCUT2D eigenvalue weighted by atomic mass is 35.5. The number of aryl methyl sites for hydroxylation is 2. The number of phenols is 1. The Labute approximate surface area is 114 Å². The van der Waals surface area contributed by atoms with Gasteiger partial charge in [-0.05, 0) is 49.3 Å². The SMILES string of the molecule is Cc1cc([C@H](N)[C@H](O)C2CCC2)cc(C)c1O.Cl. The number of phenolic OH excluding ortho intramolecular Hbond substituents is 1. The second-order valence-corrected chi connectivity index (χ2v) is 5.21. The summed E-state index contributed by atoms with van der Waals surface area (Å²) in [7, 11) is 0. The number of aliphatic hydroxyl groups is 1. The van der Waals surface area contributed by atoms with Crippen LogP contribution in [-0.2, 0) is 0 Å². The molecule has 0 heterocycles. The van der Waals surface area contributed by atoms with Crippen molar-refractivity contribution in [3.05, 3.63) is 28.8 Å². The molecule has 0 aliphatic heterocycles. The van der Waals surface area contributed by atoms with Gasteiger partial charge in [0.05, 0.1) is 12.1 Å². The van der Waals surface area contributed by atoms with Crippen molar-refractivity contribution in [2.45, 2.75) is 45.3 Å². The monoisotopic (exact) mass is 271 g/mol. The van der Waals surface area contributed by atoms with E-state index in [0.717, 1.165) is 29.5 Å². The Kier molecular flexibility index (Phi) is 5.02. The summed E-state index contributed by atoms with van der Waals surface area (Å²) in [5.74, 6) is 0.665. The van der Waals surface area contributed by atoms with E-state index in [4.69, 9.17) is 5.73 Å². The molecule has 1 saturated carbocycles. The topological polar surface area (TPSA) is 66.5 Å². The first-order chi connectivity index (χ1) is 8.00. The fourth-order valence-electron chi connectivity index (χ4n) is 2.45. The number of halogens is 1. The van der Waals surface area contributed by atoms with E-state index in [0.29, 0.717) is 11.7 Å². The summed E-state index contributed by atoms with van der Waals surface area (Å²) in [6, 6.07) is 3.39. The van der Waals surface area contributed by atoms with Crippen LogP contribution in [0.1, 0.15) is 42.0 Å². The van der Waals surface area contributed by atoms with Gasteiger partial charge in [-0.15, -0.1) is 12.4 Å². The van der Waals surface area contributed by atoms with Crippen LogP contribution in [0, 0.1) is 19.8 Å². The highest BCUT2D eigenvalue weighted by molar-refractivity contribution is 5.85. The van der Waals surface area contributed by atoms with Crippen LogP contribution >= 0.6 is 12.4 Å². The van der Waals surface area contributed by atoms with Gasteiger partial charge in [0.1, 0.15) is 5.75 Å². The number of aromatic hydroxyl groups is 1. The molecule has 1 aromatic rings. The molecule has 0 aromatic heterocycles. The molecule has 18 heavy (non-hydrogen) atoms. The van der Waals surface area contributed by atoms with Crippen LogP contribution in [0.2, 0.25) is 0 Å². The molecule has 1 aliphatic rings. The molecule has 1 aromatic carbocycles. The van der Waals surface area contributed by atoms with Gasteiger partial charge in [0.15, 0.2) is 0 Å². The minimum absolute atomic E-state index is 0. The van der Waals surface area contributed by atoms with E-state index >= 15 is 0 Å². The molecule has 4 N–H and O–H groups in total. The maximum Gasteiger partial charge on any atom is 0.121 e. The van der Waals surface area contributed by atoms with Crippen LogP contribution < -0.4 is 5.73 Å². The van der Waals surface area contributed by atoms with E-state index in [1.54, 1.807) is 0 Å². The van der Waals surface area contributed by atoms with Gasteiger partial charge < -0.3 is 15.9 Å². The summed E-state index contributed by atoms with van der Waals surface area (Å²) in [5.41, 5.74) is 8.65. The summed E-state index contributed by atoms with van der Waals surface area (Å²) >= 11 is 0. The van der Waals surface area contributed by atoms with Crippen molar-refractivity contribution in [1.29, 1.82) is 0 Å². The lowest BCUT2D eigenvalue weighted by molar-refractivity contribution is 0.0413. The van der Waals surface area contributed by atoms with Crippen molar-refractivity contribution >= 4 is 12.4 Å². The van der Waals surface area contributed by atoms with Crippen molar-refractivity contribution < 1.29 is 10.2 Å². The highest BCUT2D eigenvalue weighted by Gasteiger charge is 2.30. The van der Waals surface area contributed by atoms with E-state index in [-0.39, 0.29) is 18.4 Å². The zero-order valence-electron chi connectivity index (χ0n) is 10.9. The van der Waals surface area contributed by atoms with E-state index in [9.17, 15) is 10.2 Å². The predicted octanol–water partition coefficient (Wildman–Crippen LogP) is 2.59. The summed E-state index contributed by atoms with van der Waals surface area (Å²) in [5, 5.41) is 19.9. The van der Waals surface area contributed by atoms with Gasteiger partial charge in [0.25, 0.3) is 0 Å². The molecule has 2 rings (SSSR count). The van der Waals surface area contributed by atoms with Crippen LogP contribution in [0.4, 0.5) is 0 Å². The van der Waals surface area contributed by atoms with Crippen molar-refractivity contribution in [1.82, 2.24) is 0 Å². The number of hydrogen-bond donors (Lipinski definition) is 3. The lowest BCUT2D eigenvalue weighted by atomic mass is 9.77. The molecule has 2 atom stereocenters. The lowest BCUT2D eigenvalue weighted by Gasteiger charge is -2.34. The molecule has 3 nitrogen and oxygen atoms in total. The first-order valence-corrected chi connectivity index (χ1v) is 6.24. The predicted molar refractivity (Wildman–Crippen MR) is 75.1 cm³/mol. The first kappa shape index (κ1) is 15.3. The quantitative estimate of drug-likeness (QED) is 0.792. The second kappa shape index (κ2) is 5.91. The number of nitrogens with two attached hydrogens (primary N) is 1. The maximum absolute atomic E-state index is 10.2. The van der Waals surface area contributed by atoms with E-state index in [1.165, 1.54) is 6.42 Å². The molecule has 0 saturated heterocycles. The lowest BCUT2D eigenvalue weighted by Crippen LogP contribution is -2.36. The molecule has 1 aliphatic carbocycles. The third-order valence-electron chi connectivity index (χ3n) is 3.90. The molecule has 102 valence electrons. The average Bonchev–Trinajstić information content (AvgIpc) is 2.21. The summed E-state index contributed by atoms with van der Waals surface area (Å²) in [4.78, 5) is 0. The van der Waals surface area contributed by atoms with Gasteiger partial charge in [-0.25, -0.2) is 0 Å². The molecule has 0 amide bonds. The van der Waals surface area contributed by atoms with Gasteiger partial charge in [-0.2, -0.15) is 0 Å². The van der Waals surface area contributed by atoms with Crippen LogP contribution in [0.5, 0.6) is 5.75 Å². The van der Waals surface area contributed by atoms with E-state index in [1.807, 2.05) is 26.0 Å². The first-order valence-electron chi connectivity index (χ1n) is 6.24. The highest BCUT2D eigenvalue weighted by Crippen LogP contribution is 2.35. The van der Waals surface area contributed by atoms with Crippen molar-refractivity contribution in [3.8, 4) is 5.75 Å². The number of hydrogen-bond acceptors (Lipinski definition) is 3. The molecule has 0 spiro atoms. The van der Waals surface area contributed by atoms with Gasteiger partial charge in [0, 0.05) is 0 Å². The van der Waals surface area contributed by atoms with E-state index < -0.39 is 6.10 Å². The van der Waals surface area contributed by atoms with Gasteiger partial charge >= 0.3 is 0 Å². The van der Waals surface area contributed by atoms with Gasteiger partial charge in [-0.3, -0.25) is 0 Å². The molecule has 4 heteroatoms. The van der Waals surface area contributed by atoms with Crippen LogP contribution in [-0.4, -0.2) is 16.3 Å². The van der Waals surface area contributed by atoms with Crippen molar-refractivity contribution in [3.63, 3.8) is 0 Å².